The van der Waals surface area contributed by atoms with E-state index in [2.05, 4.69) is 0 Å². The van der Waals surface area contributed by atoms with Gasteiger partial charge in [-0.1, -0.05) is 42.5 Å². The summed E-state index contributed by atoms with van der Waals surface area (Å²) < 4.78 is 16.9. The van der Waals surface area contributed by atoms with Gasteiger partial charge in [-0.05, 0) is 47.0 Å². The molecular weight excluding hydrogens is 311 g/mol. The highest BCUT2D eigenvalue weighted by Gasteiger charge is 2.26. The third kappa shape index (κ3) is 3.15. The highest BCUT2D eigenvalue weighted by molar-refractivity contribution is 7.61. The first-order valence-electron chi connectivity index (χ1n) is 7.31. The van der Waals surface area contributed by atoms with E-state index in [-0.39, 0.29) is 17.7 Å². The predicted octanol–water partition coefficient (Wildman–Crippen LogP) is 4.06. The summed E-state index contributed by atoms with van der Waals surface area (Å²) in [6.07, 6.45) is 0. The van der Waals surface area contributed by atoms with Crippen LogP contribution < -0.4 is 5.30 Å². The van der Waals surface area contributed by atoms with Crippen molar-refractivity contribution in [2.45, 2.75) is 6.92 Å². The van der Waals surface area contributed by atoms with Crippen molar-refractivity contribution in [3.63, 3.8) is 0 Å². The fraction of sp³-hybridized carbons (Fsp3) is 0.111. The van der Waals surface area contributed by atoms with E-state index in [4.69, 9.17) is 4.52 Å². The predicted molar refractivity (Wildman–Crippen MR) is 92.1 cm³/mol. The number of rotatable bonds is 4. The maximum absolute atomic E-state index is 12.0. The number of phenolic OH excluding ortho intramolecular Hbond substituents is 1. The molecule has 0 saturated heterocycles. The van der Waals surface area contributed by atoms with Crippen molar-refractivity contribution < 1.29 is 19.1 Å². The average Bonchev–Trinajstić information content (AvgIpc) is 2.54. The van der Waals surface area contributed by atoms with Gasteiger partial charge in [-0.15, -0.1) is 0 Å². The van der Waals surface area contributed by atoms with Crippen LogP contribution in [0.5, 0.6) is 5.75 Å². The van der Waals surface area contributed by atoms with Crippen LogP contribution in [-0.2, 0) is 9.09 Å². The van der Waals surface area contributed by atoms with E-state index < -0.39 is 7.60 Å². The average molecular weight is 328 g/mol. The van der Waals surface area contributed by atoms with Gasteiger partial charge in [-0.3, -0.25) is 4.57 Å². The zero-order chi connectivity index (χ0) is 16.4. The van der Waals surface area contributed by atoms with Gasteiger partial charge in [0, 0.05) is 0 Å². The molecule has 23 heavy (non-hydrogen) atoms. The van der Waals surface area contributed by atoms with E-state index in [9.17, 15) is 14.6 Å². The minimum Gasteiger partial charge on any atom is -0.507 e. The van der Waals surface area contributed by atoms with Gasteiger partial charge < -0.3 is 14.5 Å². The summed E-state index contributed by atoms with van der Waals surface area (Å²) in [7, 11) is -3.98. The SMILES string of the molecule is CCOP(=O)(O)c1ccc(-c2ccc3ccccc3c2)cc1O. The fourth-order valence-electron chi connectivity index (χ4n) is 2.56. The number of hydrogen-bond donors (Lipinski definition) is 2. The fourth-order valence-corrected chi connectivity index (χ4v) is 3.66. The van der Waals surface area contributed by atoms with E-state index in [1.807, 2.05) is 42.5 Å². The summed E-state index contributed by atoms with van der Waals surface area (Å²) in [5, 5.41) is 12.3. The van der Waals surface area contributed by atoms with Crippen molar-refractivity contribution in [2.24, 2.45) is 0 Å². The Labute approximate surface area is 134 Å². The number of aromatic hydroxyl groups is 1. The minimum absolute atomic E-state index is 0.0797. The molecule has 0 spiro atoms. The largest absolute Gasteiger partial charge is 0.507 e. The lowest BCUT2D eigenvalue weighted by atomic mass is 10.0. The first kappa shape index (κ1) is 15.8. The molecule has 0 bridgehead atoms. The molecule has 0 radical (unpaired) electrons. The van der Waals surface area contributed by atoms with Crippen molar-refractivity contribution in [2.75, 3.05) is 6.61 Å². The molecule has 118 valence electrons. The van der Waals surface area contributed by atoms with Crippen molar-refractivity contribution in [3.8, 4) is 16.9 Å². The third-order valence-electron chi connectivity index (χ3n) is 3.67. The molecule has 0 amide bonds. The molecule has 5 heteroatoms. The second kappa shape index (κ2) is 6.17. The van der Waals surface area contributed by atoms with Crippen LogP contribution in [0.15, 0.2) is 60.7 Å². The Bertz CT molecular complexity index is 904. The van der Waals surface area contributed by atoms with Gasteiger partial charge in [0.05, 0.1) is 6.61 Å². The Hall–Kier alpha value is -2.13. The smallest absolute Gasteiger partial charge is 0.362 e. The normalized spacial score (nSPS) is 13.8. The molecule has 3 aromatic rings. The second-order valence-corrected chi connectivity index (χ2v) is 6.98. The molecule has 1 unspecified atom stereocenters. The summed E-state index contributed by atoms with van der Waals surface area (Å²) in [4.78, 5) is 9.84. The van der Waals surface area contributed by atoms with Crippen LogP contribution in [0.25, 0.3) is 21.9 Å². The Morgan fingerprint density at radius 1 is 0.957 bits per heavy atom. The van der Waals surface area contributed by atoms with Gasteiger partial charge >= 0.3 is 7.60 Å². The molecule has 0 aliphatic rings. The van der Waals surface area contributed by atoms with Crippen molar-refractivity contribution in [1.29, 1.82) is 0 Å². The molecule has 0 fully saturated rings. The zero-order valence-electron chi connectivity index (χ0n) is 12.6. The first-order valence-corrected chi connectivity index (χ1v) is 8.89. The van der Waals surface area contributed by atoms with Gasteiger partial charge in [0.15, 0.2) is 0 Å². The summed E-state index contributed by atoms with van der Waals surface area (Å²) in [5.41, 5.74) is 1.70. The van der Waals surface area contributed by atoms with E-state index in [0.29, 0.717) is 0 Å². The Balaban J connectivity index is 2.03. The highest BCUT2D eigenvalue weighted by atomic mass is 31.2. The topological polar surface area (TPSA) is 66.8 Å². The molecule has 0 aliphatic heterocycles. The zero-order valence-corrected chi connectivity index (χ0v) is 13.5. The van der Waals surface area contributed by atoms with Gasteiger partial charge in [-0.2, -0.15) is 0 Å². The van der Waals surface area contributed by atoms with Gasteiger partial charge in [0.25, 0.3) is 0 Å². The molecule has 3 aromatic carbocycles. The van der Waals surface area contributed by atoms with E-state index in [0.717, 1.165) is 21.9 Å². The van der Waals surface area contributed by atoms with Crippen LogP contribution in [0, 0.1) is 0 Å². The summed E-state index contributed by atoms with van der Waals surface area (Å²) in [6, 6.07) is 18.6. The lowest BCUT2D eigenvalue weighted by Gasteiger charge is -2.13. The summed E-state index contributed by atoms with van der Waals surface area (Å²) in [6.45, 7) is 1.73. The summed E-state index contributed by atoms with van der Waals surface area (Å²) >= 11 is 0. The lowest BCUT2D eigenvalue weighted by Crippen LogP contribution is -2.07. The van der Waals surface area contributed by atoms with Crippen molar-refractivity contribution >= 4 is 23.7 Å². The maximum atomic E-state index is 12.0. The molecule has 2 N–H and O–H groups in total. The highest BCUT2D eigenvalue weighted by Crippen LogP contribution is 2.44. The number of fused-ring (bicyclic) bond motifs is 1. The van der Waals surface area contributed by atoms with Crippen LogP contribution in [0.1, 0.15) is 6.92 Å². The molecular formula is C18H17O4P. The summed E-state index contributed by atoms with van der Waals surface area (Å²) in [5.74, 6) is -0.241. The van der Waals surface area contributed by atoms with Crippen molar-refractivity contribution in [3.05, 3.63) is 60.7 Å². The van der Waals surface area contributed by atoms with Crippen LogP contribution in [0.4, 0.5) is 0 Å². The molecule has 1 atom stereocenters. The molecule has 0 heterocycles. The molecule has 0 saturated carbocycles. The van der Waals surface area contributed by atoms with Gasteiger partial charge in [0.1, 0.15) is 11.1 Å². The van der Waals surface area contributed by atoms with Crippen LogP contribution in [0.2, 0.25) is 0 Å². The standard InChI is InChI=1S/C18H17O4P/c1-2-22-23(20,21)18-10-9-16(12-17(18)19)15-8-7-13-5-3-4-6-14(13)11-15/h3-12,19H,2H2,1H3,(H,20,21). The quantitative estimate of drug-likeness (QED) is 0.709. The number of phenols is 1. The number of hydrogen-bond acceptors (Lipinski definition) is 3. The van der Waals surface area contributed by atoms with Gasteiger partial charge in [0.2, 0.25) is 0 Å². The van der Waals surface area contributed by atoms with Crippen molar-refractivity contribution in [1.82, 2.24) is 0 Å². The second-order valence-electron chi connectivity index (χ2n) is 5.20. The van der Waals surface area contributed by atoms with Crippen LogP contribution in [0.3, 0.4) is 0 Å². The van der Waals surface area contributed by atoms with E-state index in [1.54, 1.807) is 13.0 Å². The van der Waals surface area contributed by atoms with E-state index >= 15 is 0 Å². The molecule has 3 rings (SSSR count). The number of benzene rings is 3. The maximum Gasteiger partial charge on any atom is 0.362 e. The molecule has 4 nitrogen and oxygen atoms in total. The molecule has 0 aromatic heterocycles. The Morgan fingerprint density at radius 2 is 1.61 bits per heavy atom. The Kier molecular flexibility index (Phi) is 4.22. The lowest BCUT2D eigenvalue weighted by molar-refractivity contribution is 0.283. The van der Waals surface area contributed by atoms with Crippen LogP contribution >= 0.6 is 7.60 Å². The molecule has 0 aliphatic carbocycles. The van der Waals surface area contributed by atoms with Gasteiger partial charge in [-0.25, -0.2) is 0 Å². The monoisotopic (exact) mass is 328 g/mol. The third-order valence-corrected chi connectivity index (χ3v) is 5.26. The minimum atomic E-state index is -3.98. The Morgan fingerprint density at radius 3 is 2.30 bits per heavy atom. The first-order chi connectivity index (χ1) is 11.0. The van der Waals surface area contributed by atoms with E-state index in [1.165, 1.54) is 12.1 Å². The van der Waals surface area contributed by atoms with Crippen LogP contribution in [-0.4, -0.2) is 16.6 Å².